The Bertz CT molecular complexity index is 1050. The molecule has 1 aliphatic heterocycles. The van der Waals surface area contributed by atoms with Crippen LogP contribution < -0.4 is 14.4 Å². The van der Waals surface area contributed by atoms with Crippen molar-refractivity contribution in [2.24, 2.45) is 0 Å². The molecular weight excluding hydrogens is 446 g/mol. The van der Waals surface area contributed by atoms with Gasteiger partial charge in [0.15, 0.2) is 11.3 Å². The number of allylic oxidation sites excluding steroid dienone is 1. The van der Waals surface area contributed by atoms with Gasteiger partial charge in [0.05, 0.1) is 11.5 Å². The molecular formula is C23H23N3O6S. The van der Waals surface area contributed by atoms with Gasteiger partial charge in [-0.05, 0) is 25.0 Å². The number of hydrogen-bond acceptors (Lipinski definition) is 10. The summed E-state index contributed by atoms with van der Waals surface area (Å²) in [6.07, 6.45) is 2.41. The molecule has 0 N–H and O–H groups in total. The van der Waals surface area contributed by atoms with E-state index in [4.69, 9.17) is 14.2 Å². The minimum absolute atomic E-state index is 0.130. The van der Waals surface area contributed by atoms with E-state index >= 15 is 0 Å². The van der Waals surface area contributed by atoms with Gasteiger partial charge in [-0.1, -0.05) is 32.2 Å². The first-order chi connectivity index (χ1) is 15.9. The van der Waals surface area contributed by atoms with Gasteiger partial charge in [-0.2, -0.15) is 10.5 Å². The first-order valence-corrected chi connectivity index (χ1v) is 11.1. The molecule has 0 saturated carbocycles. The van der Waals surface area contributed by atoms with Gasteiger partial charge in [0.25, 0.3) is 0 Å². The number of carbonyl (C=O) groups excluding carboxylic acids is 3. The Morgan fingerprint density at radius 1 is 1.06 bits per heavy atom. The fraction of sp³-hybridized carbons (Fsp3) is 0.348. The Morgan fingerprint density at radius 2 is 1.67 bits per heavy atom. The number of benzene rings is 1. The molecule has 0 unspecified atom stereocenters. The largest absolute Gasteiger partial charge is 0.463 e. The first kappa shape index (κ1) is 25.5. The predicted octanol–water partition coefficient (Wildman–Crippen LogP) is 4.00. The number of nitrogens with zero attached hydrogens (tertiary/aromatic N) is 3. The summed E-state index contributed by atoms with van der Waals surface area (Å²) in [6.45, 7) is 7.16. The number of fused-ring (bicyclic) bond motifs is 1. The molecule has 10 heteroatoms. The zero-order valence-corrected chi connectivity index (χ0v) is 19.2. The lowest BCUT2D eigenvalue weighted by Gasteiger charge is -2.22. The highest BCUT2D eigenvalue weighted by molar-refractivity contribution is 8.03. The Hall–Kier alpha value is -3.76. The minimum atomic E-state index is -0.523. The van der Waals surface area contributed by atoms with E-state index in [2.05, 4.69) is 6.58 Å². The van der Waals surface area contributed by atoms with Crippen LogP contribution in [0.25, 0.3) is 0 Å². The van der Waals surface area contributed by atoms with E-state index in [1.54, 1.807) is 18.7 Å². The standard InChI is InChI=1S/C23H23N3O6S/c1-4-18(27)30-12-8-7-11-26-21-16(31-19(28)5-2)9-10-17(32-20(29)6-3)22(21)33-23(26)15(13-24)14-25/h4,9-10H,1,5-8,11-12H2,2-3H3. The number of hydrogen-bond donors (Lipinski definition) is 0. The van der Waals surface area contributed by atoms with Crippen molar-refractivity contribution in [3.63, 3.8) is 0 Å². The zero-order chi connectivity index (χ0) is 24.4. The molecule has 33 heavy (non-hydrogen) atoms. The highest BCUT2D eigenvalue weighted by Gasteiger charge is 2.35. The summed E-state index contributed by atoms with van der Waals surface area (Å²) in [5, 5.41) is 19.3. The molecule has 0 radical (unpaired) electrons. The average Bonchev–Trinajstić information content (AvgIpc) is 3.20. The Balaban J connectivity index is 2.47. The van der Waals surface area contributed by atoms with Crippen LogP contribution in [0, 0.1) is 22.7 Å². The predicted molar refractivity (Wildman–Crippen MR) is 120 cm³/mol. The molecule has 0 bridgehead atoms. The smallest absolute Gasteiger partial charge is 0.330 e. The second-order valence-electron chi connectivity index (χ2n) is 6.63. The van der Waals surface area contributed by atoms with Gasteiger partial charge in [-0.15, -0.1) is 0 Å². The molecule has 172 valence electrons. The van der Waals surface area contributed by atoms with Crippen molar-refractivity contribution < 1.29 is 28.6 Å². The molecule has 1 heterocycles. The number of anilines is 1. The zero-order valence-electron chi connectivity index (χ0n) is 18.4. The molecule has 2 rings (SSSR count). The fourth-order valence-corrected chi connectivity index (χ4v) is 4.02. The Kier molecular flexibility index (Phi) is 9.52. The minimum Gasteiger partial charge on any atom is -0.463 e. The van der Waals surface area contributed by atoms with Gasteiger partial charge in [0, 0.05) is 25.5 Å². The third-order valence-corrected chi connectivity index (χ3v) is 5.64. The van der Waals surface area contributed by atoms with Crippen LogP contribution >= 0.6 is 11.8 Å². The second kappa shape index (κ2) is 12.3. The van der Waals surface area contributed by atoms with Crippen LogP contribution in [0.15, 0.2) is 40.3 Å². The normalized spacial score (nSPS) is 11.6. The van der Waals surface area contributed by atoms with Crippen molar-refractivity contribution in [3.05, 3.63) is 35.4 Å². The quantitative estimate of drug-likeness (QED) is 0.163. The third-order valence-electron chi connectivity index (χ3n) is 4.42. The van der Waals surface area contributed by atoms with E-state index in [1.807, 2.05) is 12.1 Å². The van der Waals surface area contributed by atoms with E-state index in [1.165, 1.54) is 12.1 Å². The topological polar surface area (TPSA) is 130 Å². The van der Waals surface area contributed by atoms with Gasteiger partial charge in [-0.3, -0.25) is 9.59 Å². The summed E-state index contributed by atoms with van der Waals surface area (Å²) >= 11 is 1.10. The van der Waals surface area contributed by atoms with Crippen LogP contribution in [0.3, 0.4) is 0 Å². The van der Waals surface area contributed by atoms with Crippen LogP contribution in [-0.2, 0) is 19.1 Å². The molecule has 1 aromatic rings. The third kappa shape index (κ3) is 6.37. The number of unbranched alkanes of at least 4 members (excludes halogenated alkanes) is 1. The van der Waals surface area contributed by atoms with Crippen molar-refractivity contribution >= 4 is 35.4 Å². The summed E-state index contributed by atoms with van der Waals surface area (Å²) < 4.78 is 15.9. The summed E-state index contributed by atoms with van der Waals surface area (Å²) in [4.78, 5) is 37.3. The monoisotopic (exact) mass is 469 g/mol. The number of ether oxygens (including phenoxy) is 3. The van der Waals surface area contributed by atoms with Crippen molar-refractivity contribution in [1.82, 2.24) is 0 Å². The summed E-state index contributed by atoms with van der Waals surface area (Å²) in [6, 6.07) is 6.81. The summed E-state index contributed by atoms with van der Waals surface area (Å²) in [5.74, 6) is -0.970. The average molecular weight is 470 g/mol. The number of nitriles is 2. The van der Waals surface area contributed by atoms with Crippen molar-refractivity contribution in [2.75, 3.05) is 18.1 Å². The molecule has 1 aromatic carbocycles. The highest BCUT2D eigenvalue weighted by atomic mass is 32.2. The molecule has 0 aliphatic carbocycles. The van der Waals surface area contributed by atoms with Gasteiger partial charge < -0.3 is 19.1 Å². The molecule has 0 saturated heterocycles. The first-order valence-electron chi connectivity index (χ1n) is 10.3. The van der Waals surface area contributed by atoms with E-state index in [0.717, 1.165) is 17.8 Å². The maximum absolute atomic E-state index is 12.0. The van der Waals surface area contributed by atoms with Gasteiger partial charge in [-0.25, -0.2) is 4.79 Å². The SMILES string of the molecule is C=CC(=O)OCCCCN1C(=C(C#N)C#N)Sc2c(OC(=O)CC)ccc(OC(=O)CC)c21. The molecule has 0 amide bonds. The van der Waals surface area contributed by atoms with Gasteiger partial charge in [0.1, 0.15) is 28.6 Å². The van der Waals surface area contributed by atoms with E-state index < -0.39 is 17.9 Å². The van der Waals surface area contributed by atoms with Crippen molar-refractivity contribution in [1.29, 1.82) is 10.5 Å². The lowest BCUT2D eigenvalue weighted by atomic mass is 10.2. The molecule has 0 fully saturated rings. The molecule has 1 aliphatic rings. The van der Waals surface area contributed by atoms with Crippen molar-refractivity contribution in [3.8, 4) is 23.6 Å². The van der Waals surface area contributed by atoms with Crippen LogP contribution in [0.4, 0.5) is 5.69 Å². The van der Waals surface area contributed by atoms with E-state index in [9.17, 15) is 24.9 Å². The number of carbonyl (C=O) groups is 3. The molecule has 0 aromatic heterocycles. The lowest BCUT2D eigenvalue weighted by Crippen LogP contribution is -2.22. The fourth-order valence-electron chi connectivity index (χ4n) is 2.82. The second-order valence-corrected chi connectivity index (χ2v) is 7.63. The van der Waals surface area contributed by atoms with E-state index in [-0.39, 0.29) is 36.5 Å². The van der Waals surface area contributed by atoms with Gasteiger partial charge in [0.2, 0.25) is 0 Å². The molecule has 0 atom stereocenters. The maximum atomic E-state index is 12.0. The highest BCUT2D eigenvalue weighted by Crippen LogP contribution is 2.55. The molecule has 0 spiro atoms. The Morgan fingerprint density at radius 3 is 2.24 bits per heavy atom. The maximum Gasteiger partial charge on any atom is 0.330 e. The van der Waals surface area contributed by atoms with Gasteiger partial charge >= 0.3 is 17.9 Å². The number of esters is 3. The van der Waals surface area contributed by atoms with E-state index in [0.29, 0.717) is 35.0 Å². The lowest BCUT2D eigenvalue weighted by molar-refractivity contribution is -0.138. The van der Waals surface area contributed by atoms with Crippen molar-refractivity contribution in [2.45, 2.75) is 44.4 Å². The van der Waals surface area contributed by atoms with Crippen LogP contribution in [0.5, 0.6) is 11.5 Å². The number of thioether (sulfide) groups is 1. The van der Waals surface area contributed by atoms with Crippen LogP contribution in [-0.4, -0.2) is 31.1 Å². The summed E-state index contributed by atoms with van der Waals surface area (Å²) in [7, 11) is 0. The summed E-state index contributed by atoms with van der Waals surface area (Å²) in [5.41, 5.74) is 0.305. The number of rotatable bonds is 10. The van der Waals surface area contributed by atoms with Crippen LogP contribution in [0.2, 0.25) is 0 Å². The molecule has 9 nitrogen and oxygen atoms in total. The van der Waals surface area contributed by atoms with Crippen LogP contribution in [0.1, 0.15) is 39.5 Å². The Labute approximate surface area is 196 Å².